The van der Waals surface area contributed by atoms with Gasteiger partial charge in [0.25, 0.3) is 0 Å². The van der Waals surface area contributed by atoms with E-state index in [1.165, 1.54) is 5.56 Å². The molecule has 160 valence electrons. The highest BCUT2D eigenvalue weighted by atomic mass is 32.2. The Balaban J connectivity index is 1.48. The van der Waals surface area contributed by atoms with Crippen LogP contribution in [0.4, 0.5) is 0 Å². The highest BCUT2D eigenvalue weighted by molar-refractivity contribution is 7.89. The molecule has 0 radical (unpaired) electrons. The molecular weight excluding hydrogens is 414 g/mol. The minimum atomic E-state index is -3.56. The molecule has 32 heavy (non-hydrogen) atoms. The third-order valence-electron chi connectivity index (χ3n) is 6.86. The smallest absolute Gasteiger partial charge is 0.207 e. The van der Waals surface area contributed by atoms with Gasteiger partial charge in [-0.05, 0) is 42.7 Å². The SMILES string of the molecule is C=C(C#Cc1ccccc1)[C@@]12CN(S(=O)(=O)c3ccc(C)cc3)C[C@@H]1[C@H]2c1ccccc1. The summed E-state index contributed by atoms with van der Waals surface area (Å²) >= 11 is 0. The fourth-order valence-corrected chi connectivity index (χ4v) is 6.62. The average Bonchev–Trinajstić information content (AvgIpc) is 3.27. The van der Waals surface area contributed by atoms with Crippen LogP contribution < -0.4 is 0 Å². The van der Waals surface area contributed by atoms with Crippen LogP contribution in [-0.4, -0.2) is 25.8 Å². The van der Waals surface area contributed by atoms with Gasteiger partial charge in [0.1, 0.15) is 0 Å². The lowest BCUT2D eigenvalue weighted by Crippen LogP contribution is -2.33. The number of hydrogen-bond acceptors (Lipinski definition) is 2. The molecule has 1 aliphatic carbocycles. The number of hydrogen-bond donors (Lipinski definition) is 0. The largest absolute Gasteiger partial charge is 0.243 e. The third kappa shape index (κ3) is 3.39. The minimum Gasteiger partial charge on any atom is -0.207 e. The Labute approximate surface area is 190 Å². The fraction of sp³-hybridized carbons (Fsp3) is 0.214. The normalized spacial score (nSPS) is 24.3. The van der Waals surface area contributed by atoms with Crippen LogP contribution >= 0.6 is 0 Å². The van der Waals surface area contributed by atoms with Crippen LogP contribution in [0.15, 0.2) is 102 Å². The maximum atomic E-state index is 13.4. The lowest BCUT2D eigenvalue weighted by Gasteiger charge is -2.24. The van der Waals surface area contributed by atoms with Gasteiger partial charge in [-0.2, -0.15) is 4.31 Å². The van der Waals surface area contributed by atoms with Crippen molar-refractivity contribution in [1.29, 1.82) is 0 Å². The summed E-state index contributed by atoms with van der Waals surface area (Å²) in [5.74, 6) is 6.92. The van der Waals surface area contributed by atoms with E-state index in [1.54, 1.807) is 16.4 Å². The van der Waals surface area contributed by atoms with Crippen molar-refractivity contribution >= 4 is 10.0 Å². The number of benzene rings is 3. The van der Waals surface area contributed by atoms with E-state index in [2.05, 4.69) is 30.6 Å². The lowest BCUT2D eigenvalue weighted by atomic mass is 9.91. The second kappa shape index (κ2) is 7.78. The molecule has 0 spiro atoms. The molecule has 3 atom stereocenters. The van der Waals surface area contributed by atoms with Crippen molar-refractivity contribution in [2.45, 2.75) is 17.7 Å². The van der Waals surface area contributed by atoms with Crippen molar-refractivity contribution in [3.05, 3.63) is 114 Å². The van der Waals surface area contributed by atoms with E-state index in [1.807, 2.05) is 67.6 Å². The van der Waals surface area contributed by atoms with Gasteiger partial charge >= 0.3 is 0 Å². The molecule has 0 N–H and O–H groups in total. The van der Waals surface area contributed by atoms with Gasteiger partial charge < -0.3 is 0 Å². The van der Waals surface area contributed by atoms with Crippen LogP contribution in [0.3, 0.4) is 0 Å². The minimum absolute atomic E-state index is 0.183. The Morgan fingerprint density at radius 3 is 2.25 bits per heavy atom. The van der Waals surface area contributed by atoms with Gasteiger partial charge in [-0.15, -0.1) is 0 Å². The summed E-state index contributed by atoms with van der Waals surface area (Å²) in [6, 6.07) is 27.2. The number of fused-ring (bicyclic) bond motifs is 1. The number of piperidine rings is 1. The molecule has 5 rings (SSSR count). The molecule has 3 aromatic carbocycles. The highest BCUT2D eigenvalue weighted by Gasteiger charge is 2.71. The molecule has 0 bridgehead atoms. The Kier molecular flexibility index (Phi) is 5.04. The van der Waals surface area contributed by atoms with Crippen LogP contribution in [0.1, 0.15) is 22.6 Å². The number of nitrogens with zero attached hydrogens (tertiary/aromatic N) is 1. The number of rotatable bonds is 4. The number of sulfonamides is 1. The Hall–Kier alpha value is -3.13. The van der Waals surface area contributed by atoms with Gasteiger partial charge in [-0.25, -0.2) is 8.42 Å². The summed E-state index contributed by atoms with van der Waals surface area (Å²) in [4.78, 5) is 0.344. The van der Waals surface area contributed by atoms with Gasteiger partial charge in [0.15, 0.2) is 0 Å². The van der Waals surface area contributed by atoms with Crippen molar-refractivity contribution in [3.63, 3.8) is 0 Å². The molecule has 1 heterocycles. The summed E-state index contributed by atoms with van der Waals surface area (Å²) in [6.07, 6.45) is 0. The first kappa shape index (κ1) is 20.8. The molecule has 0 unspecified atom stereocenters. The maximum Gasteiger partial charge on any atom is 0.243 e. The lowest BCUT2D eigenvalue weighted by molar-refractivity contribution is 0.411. The van der Waals surface area contributed by atoms with Crippen molar-refractivity contribution < 1.29 is 8.42 Å². The van der Waals surface area contributed by atoms with Crippen LogP contribution in [0.5, 0.6) is 0 Å². The Morgan fingerprint density at radius 2 is 1.59 bits per heavy atom. The quantitative estimate of drug-likeness (QED) is 0.536. The van der Waals surface area contributed by atoms with E-state index in [0.717, 1.165) is 16.7 Å². The molecular formula is C28H25NO2S. The molecule has 0 amide bonds. The van der Waals surface area contributed by atoms with Gasteiger partial charge in [0.05, 0.1) is 4.90 Å². The molecule has 1 aliphatic heterocycles. The second-order valence-corrected chi connectivity index (χ2v) is 10.7. The standard InChI is InChI=1S/C28H25NO2S/c1-21-13-17-25(18-14-21)32(30,31)29-19-26-27(24-11-7-4-8-12-24)28(26,20-29)22(2)15-16-23-9-5-3-6-10-23/h3-14,17-18,26-27H,2,19-20H2,1H3/t26-,27-,28+/m1/s1. The van der Waals surface area contributed by atoms with E-state index in [0.29, 0.717) is 18.0 Å². The second-order valence-electron chi connectivity index (χ2n) is 8.74. The molecule has 0 aromatic heterocycles. The van der Waals surface area contributed by atoms with Gasteiger partial charge in [-0.1, -0.05) is 84.6 Å². The van der Waals surface area contributed by atoms with Crippen molar-refractivity contribution in [3.8, 4) is 11.8 Å². The predicted molar refractivity (Wildman–Crippen MR) is 128 cm³/mol. The van der Waals surface area contributed by atoms with Gasteiger partial charge in [-0.3, -0.25) is 0 Å². The molecule has 1 saturated heterocycles. The Morgan fingerprint density at radius 1 is 0.969 bits per heavy atom. The Bertz CT molecular complexity index is 1320. The van der Waals surface area contributed by atoms with Crippen molar-refractivity contribution in [2.75, 3.05) is 13.1 Å². The molecule has 1 saturated carbocycles. The van der Waals surface area contributed by atoms with E-state index >= 15 is 0 Å². The summed E-state index contributed by atoms with van der Waals surface area (Å²) in [5, 5.41) is 0. The van der Waals surface area contributed by atoms with E-state index < -0.39 is 10.0 Å². The average molecular weight is 440 g/mol. The molecule has 2 fully saturated rings. The first-order chi connectivity index (χ1) is 15.4. The zero-order valence-corrected chi connectivity index (χ0v) is 18.8. The molecule has 4 heteroatoms. The summed E-state index contributed by atoms with van der Waals surface area (Å²) < 4.78 is 28.3. The van der Waals surface area contributed by atoms with Crippen LogP contribution in [0, 0.1) is 30.1 Å². The summed E-state index contributed by atoms with van der Waals surface area (Å²) in [6.45, 7) is 7.20. The summed E-state index contributed by atoms with van der Waals surface area (Å²) in [5.41, 5.74) is 3.68. The predicted octanol–water partition coefficient (Wildman–Crippen LogP) is 5.01. The highest BCUT2D eigenvalue weighted by Crippen LogP contribution is 2.72. The zero-order valence-electron chi connectivity index (χ0n) is 18.0. The molecule has 2 aliphatic rings. The topological polar surface area (TPSA) is 37.4 Å². The van der Waals surface area contributed by atoms with Gasteiger partial charge in [0.2, 0.25) is 10.0 Å². The van der Waals surface area contributed by atoms with Crippen molar-refractivity contribution in [2.24, 2.45) is 11.3 Å². The third-order valence-corrected chi connectivity index (χ3v) is 8.68. The maximum absolute atomic E-state index is 13.4. The van der Waals surface area contributed by atoms with E-state index in [9.17, 15) is 8.42 Å². The fourth-order valence-electron chi connectivity index (χ4n) is 5.10. The van der Waals surface area contributed by atoms with E-state index in [4.69, 9.17) is 0 Å². The van der Waals surface area contributed by atoms with E-state index in [-0.39, 0.29) is 17.3 Å². The molecule has 3 nitrogen and oxygen atoms in total. The monoisotopic (exact) mass is 439 g/mol. The van der Waals surface area contributed by atoms with Crippen molar-refractivity contribution in [1.82, 2.24) is 4.31 Å². The first-order valence-corrected chi connectivity index (χ1v) is 12.2. The number of aryl methyl sites for hydroxylation is 1. The summed E-state index contributed by atoms with van der Waals surface area (Å²) in [7, 11) is -3.56. The zero-order chi connectivity index (χ0) is 22.3. The van der Waals surface area contributed by atoms with Crippen LogP contribution in [-0.2, 0) is 10.0 Å². The van der Waals surface area contributed by atoms with Gasteiger partial charge in [0, 0.05) is 35.6 Å². The van der Waals surface area contributed by atoms with Crippen LogP contribution in [0.2, 0.25) is 0 Å². The van der Waals surface area contributed by atoms with Crippen LogP contribution in [0.25, 0.3) is 0 Å². The molecule has 3 aromatic rings. The first-order valence-electron chi connectivity index (χ1n) is 10.8.